The minimum absolute atomic E-state index is 0.100. The topological polar surface area (TPSA) is 49.3 Å². The Morgan fingerprint density at radius 2 is 2.08 bits per heavy atom. The number of likely N-dealkylation sites (tertiary alicyclic amines) is 1. The lowest BCUT2D eigenvalue weighted by Crippen LogP contribution is -2.39. The highest BCUT2D eigenvalue weighted by Gasteiger charge is 2.22. The Hall–Kier alpha value is -2.43. The fourth-order valence-corrected chi connectivity index (χ4v) is 3.29. The lowest BCUT2D eigenvalue weighted by atomic mass is 10.00. The highest BCUT2D eigenvalue weighted by atomic mass is 16.2. The van der Waals surface area contributed by atoms with Gasteiger partial charge in [0, 0.05) is 45.3 Å². The minimum Gasteiger partial charge on any atom is -0.373 e. The second-order valence-electron chi connectivity index (χ2n) is 6.96. The van der Waals surface area contributed by atoms with Crippen LogP contribution in [0.15, 0.2) is 43.0 Å². The molecular weight excluding hydrogens is 312 g/mol. The number of carbonyl (C=O) groups is 1. The third kappa shape index (κ3) is 4.56. The van der Waals surface area contributed by atoms with Crippen LogP contribution in [0.2, 0.25) is 0 Å². The van der Waals surface area contributed by atoms with E-state index in [2.05, 4.69) is 21.8 Å². The van der Waals surface area contributed by atoms with E-state index in [9.17, 15) is 4.79 Å². The molecule has 3 heterocycles. The summed E-state index contributed by atoms with van der Waals surface area (Å²) in [5.41, 5.74) is 2.91. The van der Waals surface area contributed by atoms with Crippen LogP contribution in [0, 0.1) is 5.92 Å². The average molecular weight is 338 g/mol. The Bertz CT molecular complexity index is 704. The summed E-state index contributed by atoms with van der Waals surface area (Å²) < 4.78 is 0. The van der Waals surface area contributed by atoms with Crippen molar-refractivity contribution in [1.82, 2.24) is 14.9 Å². The first-order chi connectivity index (χ1) is 12.1. The molecule has 25 heavy (non-hydrogen) atoms. The standard InChI is InChI=1S/C20H26N4O/c1-16-4-3-10-24(15-16)20(25)18-12-19(14-22-13-18)23(2)11-7-17-5-8-21-9-6-17/h5-6,8-9,12-14,16H,3-4,7,10-11,15H2,1-2H3. The maximum atomic E-state index is 12.8. The van der Waals surface area contributed by atoms with E-state index in [0.29, 0.717) is 11.5 Å². The molecule has 0 bridgehead atoms. The molecule has 1 aliphatic heterocycles. The second kappa shape index (κ2) is 8.10. The highest BCUT2D eigenvalue weighted by Crippen LogP contribution is 2.20. The van der Waals surface area contributed by atoms with Gasteiger partial charge in [-0.05, 0) is 48.9 Å². The summed E-state index contributed by atoms with van der Waals surface area (Å²) in [6, 6.07) is 6.02. The van der Waals surface area contributed by atoms with E-state index in [1.54, 1.807) is 6.20 Å². The van der Waals surface area contributed by atoms with E-state index < -0.39 is 0 Å². The molecule has 0 spiro atoms. The van der Waals surface area contributed by atoms with Gasteiger partial charge in [0.1, 0.15) is 0 Å². The first kappa shape index (κ1) is 17.4. The fraction of sp³-hybridized carbons (Fsp3) is 0.450. The van der Waals surface area contributed by atoms with Gasteiger partial charge in [-0.15, -0.1) is 0 Å². The van der Waals surface area contributed by atoms with E-state index in [1.807, 2.05) is 48.7 Å². The summed E-state index contributed by atoms with van der Waals surface area (Å²) in [7, 11) is 2.04. The molecule has 5 nitrogen and oxygen atoms in total. The molecule has 5 heteroatoms. The van der Waals surface area contributed by atoms with Crippen molar-refractivity contribution in [2.75, 3.05) is 31.6 Å². The van der Waals surface area contributed by atoms with Crippen LogP contribution in [0.5, 0.6) is 0 Å². The van der Waals surface area contributed by atoms with Crippen LogP contribution in [-0.4, -0.2) is 47.5 Å². The zero-order chi connectivity index (χ0) is 17.6. The number of piperidine rings is 1. The second-order valence-corrected chi connectivity index (χ2v) is 6.96. The molecule has 1 saturated heterocycles. The van der Waals surface area contributed by atoms with Gasteiger partial charge in [-0.1, -0.05) is 6.92 Å². The van der Waals surface area contributed by atoms with Gasteiger partial charge in [-0.3, -0.25) is 14.8 Å². The normalized spacial score (nSPS) is 17.4. The number of pyridine rings is 2. The lowest BCUT2D eigenvalue weighted by molar-refractivity contribution is 0.0682. The quantitative estimate of drug-likeness (QED) is 0.841. The lowest BCUT2D eigenvalue weighted by Gasteiger charge is -2.31. The molecule has 3 rings (SSSR count). The van der Waals surface area contributed by atoms with E-state index in [-0.39, 0.29) is 5.91 Å². The van der Waals surface area contributed by atoms with Crippen LogP contribution in [0.25, 0.3) is 0 Å². The van der Waals surface area contributed by atoms with Crippen molar-refractivity contribution in [2.45, 2.75) is 26.2 Å². The van der Waals surface area contributed by atoms with Gasteiger partial charge in [0.2, 0.25) is 0 Å². The molecule has 1 amide bonds. The third-order valence-corrected chi connectivity index (χ3v) is 4.84. The summed E-state index contributed by atoms with van der Waals surface area (Å²) in [4.78, 5) is 25.2. The number of amides is 1. The van der Waals surface area contributed by atoms with Gasteiger partial charge in [0.15, 0.2) is 0 Å². The zero-order valence-corrected chi connectivity index (χ0v) is 15.1. The smallest absolute Gasteiger partial charge is 0.255 e. The van der Waals surface area contributed by atoms with Crippen molar-refractivity contribution in [3.63, 3.8) is 0 Å². The monoisotopic (exact) mass is 338 g/mol. The molecule has 0 aliphatic carbocycles. The molecule has 2 aromatic rings. The number of aromatic nitrogens is 2. The summed E-state index contributed by atoms with van der Waals surface area (Å²) in [5, 5.41) is 0. The van der Waals surface area contributed by atoms with Crippen LogP contribution in [0.3, 0.4) is 0 Å². The zero-order valence-electron chi connectivity index (χ0n) is 15.1. The maximum absolute atomic E-state index is 12.8. The Labute approximate surface area is 149 Å². The van der Waals surface area contributed by atoms with Crippen LogP contribution in [-0.2, 0) is 6.42 Å². The number of hydrogen-bond acceptors (Lipinski definition) is 4. The minimum atomic E-state index is 0.100. The molecule has 1 unspecified atom stereocenters. The molecule has 2 aromatic heterocycles. The van der Waals surface area contributed by atoms with Crippen LogP contribution in [0.1, 0.15) is 35.7 Å². The molecule has 132 valence electrons. The molecule has 0 radical (unpaired) electrons. The molecule has 1 atom stereocenters. The predicted molar refractivity (Wildman–Crippen MR) is 99.7 cm³/mol. The van der Waals surface area contributed by atoms with Crippen LogP contribution >= 0.6 is 0 Å². The van der Waals surface area contributed by atoms with Gasteiger partial charge in [0.05, 0.1) is 17.4 Å². The summed E-state index contributed by atoms with van der Waals surface area (Å²) in [6.45, 7) is 4.78. The molecule has 0 saturated carbocycles. The first-order valence-corrected chi connectivity index (χ1v) is 8.98. The van der Waals surface area contributed by atoms with Gasteiger partial charge < -0.3 is 9.80 Å². The number of carbonyl (C=O) groups excluding carboxylic acids is 1. The number of nitrogens with zero attached hydrogens (tertiary/aromatic N) is 4. The number of anilines is 1. The van der Waals surface area contributed by atoms with E-state index >= 15 is 0 Å². The molecule has 1 fully saturated rings. The van der Waals surface area contributed by atoms with E-state index in [4.69, 9.17) is 0 Å². The number of rotatable bonds is 5. The van der Waals surface area contributed by atoms with Crippen molar-refractivity contribution in [3.8, 4) is 0 Å². The van der Waals surface area contributed by atoms with Crippen molar-refractivity contribution in [1.29, 1.82) is 0 Å². The Balaban J connectivity index is 1.65. The van der Waals surface area contributed by atoms with E-state index in [1.165, 1.54) is 12.0 Å². The Kier molecular flexibility index (Phi) is 5.64. The van der Waals surface area contributed by atoms with Crippen LogP contribution < -0.4 is 4.90 Å². The van der Waals surface area contributed by atoms with Gasteiger partial charge in [-0.2, -0.15) is 0 Å². The van der Waals surface area contributed by atoms with Gasteiger partial charge >= 0.3 is 0 Å². The number of likely N-dealkylation sites (N-methyl/N-ethyl adjacent to an activating group) is 1. The first-order valence-electron chi connectivity index (χ1n) is 8.98. The fourth-order valence-electron chi connectivity index (χ4n) is 3.29. The van der Waals surface area contributed by atoms with Crippen molar-refractivity contribution >= 4 is 11.6 Å². The van der Waals surface area contributed by atoms with Crippen molar-refractivity contribution in [3.05, 3.63) is 54.1 Å². The molecule has 1 aliphatic rings. The van der Waals surface area contributed by atoms with E-state index in [0.717, 1.165) is 38.2 Å². The van der Waals surface area contributed by atoms with Gasteiger partial charge in [-0.25, -0.2) is 0 Å². The summed E-state index contributed by atoms with van der Waals surface area (Å²) >= 11 is 0. The third-order valence-electron chi connectivity index (χ3n) is 4.84. The molecule has 0 aromatic carbocycles. The molecule has 0 N–H and O–H groups in total. The average Bonchev–Trinajstić information content (AvgIpc) is 2.66. The summed E-state index contributed by atoms with van der Waals surface area (Å²) in [5.74, 6) is 0.681. The molecular formula is C20H26N4O. The predicted octanol–water partition coefficient (Wildman–Crippen LogP) is 3.03. The van der Waals surface area contributed by atoms with Crippen LogP contribution in [0.4, 0.5) is 5.69 Å². The SMILES string of the molecule is CC1CCCN(C(=O)c2cncc(N(C)CCc3ccncc3)c2)C1. The maximum Gasteiger partial charge on any atom is 0.255 e. The van der Waals surface area contributed by atoms with Gasteiger partial charge in [0.25, 0.3) is 5.91 Å². The Morgan fingerprint density at radius 3 is 2.84 bits per heavy atom. The largest absolute Gasteiger partial charge is 0.373 e. The highest BCUT2D eigenvalue weighted by molar-refractivity contribution is 5.94. The van der Waals surface area contributed by atoms with Crippen molar-refractivity contribution < 1.29 is 4.79 Å². The van der Waals surface area contributed by atoms with Crippen molar-refractivity contribution in [2.24, 2.45) is 5.92 Å². The summed E-state index contributed by atoms with van der Waals surface area (Å²) in [6.07, 6.45) is 10.4. The Morgan fingerprint density at radius 1 is 1.28 bits per heavy atom. The number of hydrogen-bond donors (Lipinski definition) is 0.